The van der Waals surface area contributed by atoms with Crippen molar-refractivity contribution in [2.45, 2.75) is 11.8 Å². The van der Waals surface area contributed by atoms with E-state index < -0.39 is 21.7 Å². The number of nitrogens with zero attached hydrogens (tertiary/aromatic N) is 1. The highest BCUT2D eigenvalue weighted by Gasteiger charge is 2.27. The van der Waals surface area contributed by atoms with E-state index in [9.17, 15) is 18.0 Å². The summed E-state index contributed by atoms with van der Waals surface area (Å²) in [7, 11) is -3.74. The standard InChI is InChI=1S/C18H19N3O7S/c1-2-27-18(23)28-14-10-19-16-15(14)12-9-11(3-4-13(12)20-17(16)22)29(24,25)21-5-7-26-8-6-21/h3-4,9-10,19H,2,5-8H2,1H3,(H,20,22). The number of nitrogens with one attached hydrogen (secondary N) is 2. The lowest BCUT2D eigenvalue weighted by Crippen LogP contribution is -2.40. The third-order valence-electron chi connectivity index (χ3n) is 4.64. The molecule has 4 rings (SSSR count). The number of carbonyl (C=O) groups is 1. The molecule has 11 heteroatoms. The van der Waals surface area contributed by atoms with Gasteiger partial charge in [0.2, 0.25) is 10.0 Å². The molecular formula is C18H19N3O7S. The first kappa shape index (κ1) is 19.4. The zero-order valence-electron chi connectivity index (χ0n) is 15.6. The molecule has 0 spiro atoms. The number of pyridine rings is 1. The van der Waals surface area contributed by atoms with E-state index in [1.807, 2.05) is 0 Å². The summed E-state index contributed by atoms with van der Waals surface area (Å²) in [5, 5.41) is 0.727. The Morgan fingerprint density at radius 3 is 2.76 bits per heavy atom. The van der Waals surface area contributed by atoms with Crippen molar-refractivity contribution in [2.24, 2.45) is 0 Å². The molecule has 1 aromatic carbocycles. The molecule has 1 saturated heterocycles. The number of H-pyrrole nitrogens is 2. The van der Waals surface area contributed by atoms with Gasteiger partial charge in [-0.2, -0.15) is 4.31 Å². The van der Waals surface area contributed by atoms with E-state index >= 15 is 0 Å². The minimum absolute atomic E-state index is 0.0727. The Kier molecular flexibility index (Phi) is 5.03. The molecule has 0 bridgehead atoms. The second-order valence-corrected chi connectivity index (χ2v) is 8.30. The summed E-state index contributed by atoms with van der Waals surface area (Å²) < 4.78 is 42.6. The van der Waals surface area contributed by atoms with Crippen molar-refractivity contribution >= 4 is 38.0 Å². The Balaban J connectivity index is 1.87. The first-order valence-corrected chi connectivity index (χ1v) is 10.5. The van der Waals surface area contributed by atoms with E-state index in [-0.39, 0.29) is 35.9 Å². The Labute approximate surface area is 165 Å². The van der Waals surface area contributed by atoms with Gasteiger partial charge in [-0.05, 0) is 25.1 Å². The molecule has 0 aliphatic carbocycles. The number of hydrogen-bond acceptors (Lipinski definition) is 7. The van der Waals surface area contributed by atoms with Crippen LogP contribution in [0.1, 0.15) is 6.92 Å². The molecule has 10 nitrogen and oxygen atoms in total. The highest BCUT2D eigenvalue weighted by atomic mass is 32.2. The summed E-state index contributed by atoms with van der Waals surface area (Å²) in [6.45, 7) is 2.97. The number of sulfonamides is 1. The molecule has 3 aromatic rings. The number of fused-ring (bicyclic) bond motifs is 3. The zero-order chi connectivity index (χ0) is 20.6. The van der Waals surface area contributed by atoms with Gasteiger partial charge in [-0.3, -0.25) is 4.79 Å². The third-order valence-corrected chi connectivity index (χ3v) is 6.54. The lowest BCUT2D eigenvalue weighted by Gasteiger charge is -2.26. The Bertz CT molecular complexity index is 1240. The maximum atomic E-state index is 13.0. The van der Waals surface area contributed by atoms with Crippen molar-refractivity contribution in [2.75, 3.05) is 32.9 Å². The first-order valence-electron chi connectivity index (χ1n) is 9.01. The van der Waals surface area contributed by atoms with Crippen LogP contribution < -0.4 is 10.3 Å². The summed E-state index contributed by atoms with van der Waals surface area (Å²) in [6, 6.07) is 4.42. The van der Waals surface area contributed by atoms with Crippen LogP contribution >= 0.6 is 0 Å². The van der Waals surface area contributed by atoms with Crippen LogP contribution in [0, 0.1) is 0 Å². The van der Waals surface area contributed by atoms with Gasteiger partial charge in [0.1, 0.15) is 5.52 Å². The molecular weight excluding hydrogens is 402 g/mol. The molecule has 0 atom stereocenters. The van der Waals surface area contributed by atoms with Crippen molar-refractivity contribution < 1.29 is 27.4 Å². The topological polar surface area (TPSA) is 131 Å². The quantitative estimate of drug-likeness (QED) is 0.611. The number of aromatic nitrogens is 2. The maximum Gasteiger partial charge on any atom is 0.513 e. The zero-order valence-corrected chi connectivity index (χ0v) is 16.4. The van der Waals surface area contributed by atoms with Crippen LogP contribution in [0.25, 0.3) is 21.8 Å². The van der Waals surface area contributed by atoms with Crippen LogP contribution in [0.2, 0.25) is 0 Å². The number of aromatic amines is 2. The Morgan fingerprint density at radius 1 is 1.28 bits per heavy atom. The van der Waals surface area contributed by atoms with Crippen molar-refractivity contribution in [1.29, 1.82) is 0 Å². The minimum atomic E-state index is -3.74. The summed E-state index contributed by atoms with van der Waals surface area (Å²) in [5.41, 5.74) is 0.157. The predicted molar refractivity (Wildman–Crippen MR) is 104 cm³/mol. The number of benzene rings is 1. The van der Waals surface area contributed by atoms with E-state index in [0.29, 0.717) is 29.5 Å². The van der Waals surface area contributed by atoms with E-state index in [4.69, 9.17) is 14.2 Å². The molecule has 2 N–H and O–H groups in total. The van der Waals surface area contributed by atoms with Crippen molar-refractivity contribution in [3.63, 3.8) is 0 Å². The van der Waals surface area contributed by atoms with Crippen LogP contribution in [-0.4, -0.2) is 61.8 Å². The van der Waals surface area contributed by atoms with E-state index in [2.05, 4.69) is 9.97 Å². The number of hydrogen-bond donors (Lipinski definition) is 2. The molecule has 2 aromatic heterocycles. The van der Waals surface area contributed by atoms with E-state index in [1.54, 1.807) is 6.92 Å². The minimum Gasteiger partial charge on any atom is -0.434 e. The maximum absolute atomic E-state index is 13.0. The molecule has 0 saturated carbocycles. The summed E-state index contributed by atoms with van der Waals surface area (Å²) in [5.74, 6) is 0.0791. The lowest BCUT2D eigenvalue weighted by atomic mass is 10.1. The summed E-state index contributed by atoms with van der Waals surface area (Å²) >= 11 is 0. The second kappa shape index (κ2) is 7.50. The lowest BCUT2D eigenvalue weighted by molar-refractivity contribution is 0.0730. The van der Waals surface area contributed by atoms with Crippen molar-refractivity contribution in [1.82, 2.24) is 14.3 Å². The normalized spacial score (nSPS) is 15.6. The molecule has 0 radical (unpaired) electrons. The van der Waals surface area contributed by atoms with Crippen LogP contribution in [-0.2, 0) is 19.5 Å². The van der Waals surface area contributed by atoms with E-state index in [0.717, 1.165) is 0 Å². The van der Waals surface area contributed by atoms with Gasteiger partial charge in [-0.25, -0.2) is 13.2 Å². The average Bonchev–Trinajstić information content (AvgIpc) is 3.13. The summed E-state index contributed by atoms with van der Waals surface area (Å²) in [6.07, 6.45) is 0.443. The van der Waals surface area contributed by atoms with Gasteiger partial charge in [0, 0.05) is 30.2 Å². The van der Waals surface area contributed by atoms with Crippen LogP contribution in [0.15, 0.2) is 34.1 Å². The van der Waals surface area contributed by atoms with Gasteiger partial charge in [-0.1, -0.05) is 0 Å². The smallest absolute Gasteiger partial charge is 0.434 e. The second-order valence-electron chi connectivity index (χ2n) is 6.37. The van der Waals surface area contributed by atoms with Crippen LogP contribution in [0.3, 0.4) is 0 Å². The van der Waals surface area contributed by atoms with Gasteiger partial charge in [0.25, 0.3) is 5.56 Å². The molecule has 29 heavy (non-hydrogen) atoms. The van der Waals surface area contributed by atoms with Gasteiger partial charge in [0.05, 0.1) is 30.1 Å². The van der Waals surface area contributed by atoms with Crippen LogP contribution in [0.4, 0.5) is 4.79 Å². The number of ether oxygens (including phenoxy) is 3. The van der Waals surface area contributed by atoms with Crippen molar-refractivity contribution in [3.8, 4) is 5.75 Å². The van der Waals surface area contributed by atoms with Gasteiger partial charge < -0.3 is 24.2 Å². The fourth-order valence-electron chi connectivity index (χ4n) is 3.29. The molecule has 0 amide bonds. The fraction of sp³-hybridized carbons (Fsp3) is 0.333. The molecule has 154 valence electrons. The monoisotopic (exact) mass is 421 g/mol. The van der Waals surface area contributed by atoms with Gasteiger partial charge in [-0.15, -0.1) is 0 Å². The fourth-order valence-corrected chi connectivity index (χ4v) is 4.72. The van der Waals surface area contributed by atoms with Crippen molar-refractivity contribution in [3.05, 3.63) is 34.7 Å². The van der Waals surface area contributed by atoms with Gasteiger partial charge in [0.15, 0.2) is 5.75 Å². The molecule has 3 heterocycles. The van der Waals surface area contributed by atoms with Gasteiger partial charge >= 0.3 is 6.16 Å². The molecule has 0 unspecified atom stereocenters. The summed E-state index contributed by atoms with van der Waals surface area (Å²) in [4.78, 5) is 29.6. The highest BCUT2D eigenvalue weighted by molar-refractivity contribution is 7.89. The predicted octanol–water partition coefficient (Wildman–Crippen LogP) is 1.57. The third kappa shape index (κ3) is 3.48. The molecule has 1 aliphatic heterocycles. The van der Waals surface area contributed by atoms with Crippen LogP contribution in [0.5, 0.6) is 5.75 Å². The molecule has 1 aliphatic rings. The molecule has 1 fully saturated rings. The number of rotatable bonds is 4. The Morgan fingerprint density at radius 2 is 2.03 bits per heavy atom. The number of carbonyl (C=O) groups excluding carboxylic acids is 1. The average molecular weight is 421 g/mol. The highest BCUT2D eigenvalue weighted by Crippen LogP contribution is 2.32. The van der Waals surface area contributed by atoms with E-state index in [1.165, 1.54) is 28.7 Å². The first-order chi connectivity index (χ1) is 13.9. The number of morpholine rings is 1. The largest absolute Gasteiger partial charge is 0.513 e. The Hall–Kier alpha value is -2.89. The SMILES string of the molecule is CCOC(=O)Oc1c[nH]c2c(=O)[nH]c3ccc(S(=O)(=O)N4CCOCC4)cc3c12.